The molecule has 1 heterocycles. The number of carbonyl (C=O) groups excluding carboxylic acids is 2. The van der Waals surface area contributed by atoms with Gasteiger partial charge in [-0.3, -0.25) is 4.79 Å². The highest BCUT2D eigenvalue weighted by Crippen LogP contribution is 2.19. The van der Waals surface area contributed by atoms with Gasteiger partial charge in [0.2, 0.25) is 0 Å². The summed E-state index contributed by atoms with van der Waals surface area (Å²) in [5, 5.41) is 0.540. The third-order valence-corrected chi connectivity index (χ3v) is 3.61. The van der Waals surface area contributed by atoms with Gasteiger partial charge in [0, 0.05) is 17.0 Å². The lowest BCUT2D eigenvalue weighted by Gasteiger charge is -2.07. The van der Waals surface area contributed by atoms with Crippen molar-refractivity contribution >= 4 is 34.8 Å². The molecule has 0 fully saturated rings. The van der Waals surface area contributed by atoms with Gasteiger partial charge in [0.15, 0.2) is 17.3 Å². The largest absolute Gasteiger partial charge is 0.441 e. The maximum Gasteiger partial charge on any atom is 0.196 e. The van der Waals surface area contributed by atoms with Crippen LogP contribution in [-0.4, -0.2) is 17.1 Å². The predicted molar refractivity (Wildman–Crippen MR) is 83.0 cm³/mol. The Bertz CT molecular complexity index is 790. The van der Waals surface area contributed by atoms with Gasteiger partial charge in [-0.05, 0) is 36.4 Å². The van der Waals surface area contributed by atoms with Gasteiger partial charge >= 0.3 is 0 Å². The van der Waals surface area contributed by atoms with E-state index >= 15 is 0 Å². The average molecular weight is 314 g/mol. The average Bonchev–Trinajstić information content (AvgIpc) is 2.95. The molecule has 0 aliphatic heterocycles. The zero-order valence-electron chi connectivity index (χ0n) is 11.5. The summed E-state index contributed by atoms with van der Waals surface area (Å²) >= 11 is 5.80. The lowest BCUT2D eigenvalue weighted by molar-refractivity contribution is -0.110. The van der Waals surface area contributed by atoms with Crippen LogP contribution in [0.5, 0.6) is 0 Å². The third-order valence-electron chi connectivity index (χ3n) is 3.36. The van der Waals surface area contributed by atoms with Gasteiger partial charge in [-0.15, -0.1) is 0 Å². The molecule has 4 nitrogen and oxygen atoms in total. The van der Waals surface area contributed by atoms with Crippen LogP contribution in [0.1, 0.15) is 16.2 Å². The van der Waals surface area contributed by atoms with Crippen LogP contribution in [0.3, 0.4) is 0 Å². The summed E-state index contributed by atoms with van der Waals surface area (Å²) in [4.78, 5) is 27.9. The Hall–Kier alpha value is -2.46. The van der Waals surface area contributed by atoms with E-state index in [1.54, 1.807) is 30.3 Å². The number of carbonyl (C=O) groups is 2. The van der Waals surface area contributed by atoms with Gasteiger partial charge in [-0.1, -0.05) is 23.7 Å². The highest BCUT2D eigenvalue weighted by molar-refractivity contribution is 6.30. The van der Waals surface area contributed by atoms with Crippen LogP contribution < -0.4 is 0 Å². The number of rotatable bonds is 5. The van der Waals surface area contributed by atoms with Crippen molar-refractivity contribution in [3.05, 3.63) is 65.0 Å². The number of aromatic nitrogens is 1. The summed E-state index contributed by atoms with van der Waals surface area (Å²) in [6.07, 6.45) is 0.769. The Labute approximate surface area is 131 Å². The smallest absolute Gasteiger partial charge is 0.196 e. The highest BCUT2D eigenvalue weighted by Gasteiger charge is 2.22. The molecular formula is C17H12ClNO3. The van der Waals surface area contributed by atoms with Crippen LogP contribution in [0, 0.1) is 5.92 Å². The van der Waals surface area contributed by atoms with Gasteiger partial charge in [0.05, 0.1) is 5.92 Å². The maximum absolute atomic E-state index is 12.4. The van der Waals surface area contributed by atoms with Gasteiger partial charge in [-0.2, -0.15) is 0 Å². The number of fused-ring (bicyclic) bond motifs is 1. The normalized spacial score (nSPS) is 12.2. The van der Waals surface area contributed by atoms with E-state index < -0.39 is 5.92 Å². The monoisotopic (exact) mass is 313 g/mol. The minimum absolute atomic E-state index is 0.139. The molecule has 3 aromatic rings. The lowest BCUT2D eigenvalue weighted by atomic mass is 9.96. The van der Waals surface area contributed by atoms with E-state index in [1.165, 1.54) is 0 Å². The zero-order chi connectivity index (χ0) is 15.5. The molecule has 5 heteroatoms. The van der Waals surface area contributed by atoms with Crippen molar-refractivity contribution in [2.75, 3.05) is 0 Å². The third kappa shape index (κ3) is 2.92. The molecular weight excluding hydrogens is 302 g/mol. The molecule has 2 aromatic carbocycles. The Morgan fingerprint density at radius 2 is 1.91 bits per heavy atom. The molecule has 0 aliphatic rings. The van der Waals surface area contributed by atoms with E-state index in [0.717, 1.165) is 0 Å². The fourth-order valence-corrected chi connectivity index (χ4v) is 2.35. The first-order valence-electron chi connectivity index (χ1n) is 6.77. The van der Waals surface area contributed by atoms with Crippen molar-refractivity contribution in [1.82, 2.24) is 4.98 Å². The molecule has 0 aliphatic carbocycles. The summed E-state index contributed by atoms with van der Waals surface area (Å²) < 4.78 is 5.56. The number of hydrogen-bond acceptors (Lipinski definition) is 4. The molecule has 0 radical (unpaired) electrons. The van der Waals surface area contributed by atoms with Crippen molar-refractivity contribution in [3.8, 4) is 0 Å². The number of hydrogen-bond donors (Lipinski definition) is 0. The first-order valence-corrected chi connectivity index (χ1v) is 7.14. The van der Waals surface area contributed by atoms with E-state index in [2.05, 4.69) is 4.98 Å². The van der Waals surface area contributed by atoms with Crippen LogP contribution in [0.2, 0.25) is 5.02 Å². The Morgan fingerprint density at radius 3 is 2.59 bits per heavy atom. The number of aldehydes is 1. The summed E-state index contributed by atoms with van der Waals surface area (Å²) in [6.45, 7) is 0. The van der Waals surface area contributed by atoms with Crippen molar-refractivity contribution in [2.24, 2.45) is 5.92 Å². The first-order chi connectivity index (χ1) is 10.7. The molecule has 0 saturated carbocycles. The highest BCUT2D eigenvalue weighted by atomic mass is 35.5. The SMILES string of the molecule is O=CC(Cc1nc2ccccc2o1)C(=O)c1ccc(Cl)cc1. The summed E-state index contributed by atoms with van der Waals surface area (Å²) in [5.41, 5.74) is 1.79. The Kier molecular flexibility index (Phi) is 4.02. The minimum Gasteiger partial charge on any atom is -0.441 e. The molecule has 110 valence electrons. The topological polar surface area (TPSA) is 60.2 Å². The quantitative estimate of drug-likeness (QED) is 0.409. The van der Waals surface area contributed by atoms with Crippen LogP contribution >= 0.6 is 11.6 Å². The summed E-state index contributed by atoms with van der Waals surface area (Å²) in [7, 11) is 0. The molecule has 1 atom stereocenters. The van der Waals surface area contributed by atoms with Crippen molar-refractivity contribution in [2.45, 2.75) is 6.42 Å². The zero-order valence-corrected chi connectivity index (χ0v) is 12.3. The van der Waals surface area contributed by atoms with E-state index in [1.807, 2.05) is 18.2 Å². The van der Waals surface area contributed by atoms with Crippen LogP contribution in [0.4, 0.5) is 0 Å². The maximum atomic E-state index is 12.4. The number of benzene rings is 2. The molecule has 0 spiro atoms. The molecule has 1 aromatic heterocycles. The summed E-state index contributed by atoms with van der Waals surface area (Å²) in [5.74, 6) is -0.719. The minimum atomic E-state index is -0.825. The molecule has 0 N–H and O–H groups in total. The molecule has 3 rings (SSSR count). The van der Waals surface area contributed by atoms with Crippen LogP contribution in [0.25, 0.3) is 11.1 Å². The second-order valence-electron chi connectivity index (χ2n) is 4.89. The van der Waals surface area contributed by atoms with Gasteiger partial charge < -0.3 is 9.21 Å². The number of Topliss-reactive ketones (excluding diaryl/α,β-unsaturated/α-hetero) is 1. The standard InChI is InChI=1S/C17H12ClNO3/c18-13-7-5-11(6-8-13)17(21)12(10-20)9-16-19-14-3-1-2-4-15(14)22-16/h1-8,10,12H,9H2. The number of oxazole rings is 1. The van der Waals surface area contributed by atoms with E-state index in [0.29, 0.717) is 33.9 Å². The second-order valence-corrected chi connectivity index (χ2v) is 5.33. The predicted octanol–water partition coefficient (Wildman–Crippen LogP) is 3.72. The van der Waals surface area contributed by atoms with Gasteiger partial charge in [0.25, 0.3) is 0 Å². The molecule has 0 amide bonds. The molecule has 0 saturated heterocycles. The van der Waals surface area contributed by atoms with Crippen LogP contribution in [-0.2, 0) is 11.2 Å². The second kappa shape index (κ2) is 6.12. The number of ketones is 1. The van der Waals surface area contributed by atoms with Crippen molar-refractivity contribution < 1.29 is 14.0 Å². The van der Waals surface area contributed by atoms with Crippen LogP contribution in [0.15, 0.2) is 52.9 Å². The van der Waals surface area contributed by atoms with E-state index in [9.17, 15) is 9.59 Å². The Balaban J connectivity index is 1.83. The first kappa shape index (κ1) is 14.5. The van der Waals surface area contributed by atoms with Crippen molar-refractivity contribution in [3.63, 3.8) is 0 Å². The van der Waals surface area contributed by atoms with E-state index in [4.69, 9.17) is 16.0 Å². The van der Waals surface area contributed by atoms with Gasteiger partial charge in [0.1, 0.15) is 11.8 Å². The number of para-hydroxylation sites is 2. The number of nitrogens with zero attached hydrogens (tertiary/aromatic N) is 1. The molecule has 22 heavy (non-hydrogen) atoms. The molecule has 0 bridgehead atoms. The Morgan fingerprint density at radius 1 is 1.18 bits per heavy atom. The van der Waals surface area contributed by atoms with Crippen molar-refractivity contribution in [1.29, 1.82) is 0 Å². The molecule has 1 unspecified atom stereocenters. The van der Waals surface area contributed by atoms with E-state index in [-0.39, 0.29) is 12.2 Å². The fraction of sp³-hybridized carbons (Fsp3) is 0.118. The van der Waals surface area contributed by atoms with Gasteiger partial charge in [-0.25, -0.2) is 4.98 Å². The lowest BCUT2D eigenvalue weighted by Crippen LogP contribution is -2.19. The fourth-order valence-electron chi connectivity index (χ4n) is 2.23. The number of halogens is 1. The summed E-state index contributed by atoms with van der Waals surface area (Å²) in [6, 6.07) is 13.8.